The van der Waals surface area contributed by atoms with Crippen LogP contribution in [0.4, 0.5) is 0 Å². The number of pyridine rings is 1. The highest BCUT2D eigenvalue weighted by molar-refractivity contribution is 5.77. The summed E-state index contributed by atoms with van der Waals surface area (Å²) >= 11 is 0. The van der Waals surface area contributed by atoms with Gasteiger partial charge in [-0.25, -0.2) is 0 Å². The predicted octanol–water partition coefficient (Wildman–Crippen LogP) is 1.34. The fourth-order valence-corrected chi connectivity index (χ4v) is 1.79. The van der Waals surface area contributed by atoms with Gasteiger partial charge in [0.2, 0.25) is 0 Å². The molecule has 0 fully saturated rings. The van der Waals surface area contributed by atoms with Gasteiger partial charge in [-0.1, -0.05) is 0 Å². The van der Waals surface area contributed by atoms with Gasteiger partial charge in [0.25, 0.3) is 5.56 Å². The minimum Gasteiger partial charge on any atom is -0.507 e. The number of hydrogen-bond acceptors (Lipinski definition) is 5. The lowest BCUT2D eigenvalue weighted by atomic mass is 9.99. The average Bonchev–Trinajstić information content (AvgIpc) is 2.33. The molecule has 4 N–H and O–H groups in total. The van der Waals surface area contributed by atoms with Crippen molar-refractivity contribution in [2.24, 2.45) is 0 Å². The highest BCUT2D eigenvalue weighted by atomic mass is 16.3. The number of aromatic amines is 1. The van der Waals surface area contributed by atoms with Crippen molar-refractivity contribution in [1.82, 2.24) is 4.98 Å². The summed E-state index contributed by atoms with van der Waals surface area (Å²) in [5.41, 5.74) is 0.0408. The fourth-order valence-electron chi connectivity index (χ4n) is 1.79. The number of hydrogen-bond donors (Lipinski definition) is 4. The fraction of sp³-hybridized carbons (Fsp3) is 0.0769. The van der Waals surface area contributed by atoms with Crippen LogP contribution in [0.3, 0.4) is 0 Å². The second-order valence-electron chi connectivity index (χ2n) is 4.04. The van der Waals surface area contributed by atoms with Crippen molar-refractivity contribution in [2.75, 3.05) is 0 Å². The normalized spacial score (nSPS) is 10.1. The van der Waals surface area contributed by atoms with Crippen LogP contribution in [0.5, 0.6) is 17.2 Å². The average molecular weight is 258 g/mol. The van der Waals surface area contributed by atoms with Gasteiger partial charge in [0.1, 0.15) is 17.4 Å². The van der Waals surface area contributed by atoms with Gasteiger partial charge < -0.3 is 20.3 Å². The van der Waals surface area contributed by atoms with Gasteiger partial charge in [0, 0.05) is 22.9 Å². The SMILES string of the molecule is Cc1cc(-c2cc(O)c(O)cc2O)c(C#N)c(=O)[nH]1. The number of benzene rings is 1. The Hall–Kier alpha value is -2.94. The number of rotatable bonds is 1. The molecule has 0 saturated heterocycles. The maximum absolute atomic E-state index is 11.7. The Morgan fingerprint density at radius 3 is 2.32 bits per heavy atom. The van der Waals surface area contributed by atoms with Crippen molar-refractivity contribution in [1.29, 1.82) is 5.26 Å². The molecule has 6 nitrogen and oxygen atoms in total. The Balaban J connectivity index is 2.83. The second-order valence-corrected chi connectivity index (χ2v) is 4.04. The molecule has 0 spiro atoms. The van der Waals surface area contributed by atoms with Crippen LogP contribution in [0.1, 0.15) is 11.3 Å². The summed E-state index contributed by atoms with van der Waals surface area (Å²) in [7, 11) is 0. The predicted molar refractivity (Wildman–Crippen MR) is 66.9 cm³/mol. The van der Waals surface area contributed by atoms with Crippen molar-refractivity contribution in [3.05, 3.63) is 39.8 Å². The molecule has 0 bridgehead atoms. The van der Waals surface area contributed by atoms with Gasteiger partial charge in [-0.3, -0.25) is 4.79 Å². The minimum absolute atomic E-state index is 0.0982. The lowest BCUT2D eigenvalue weighted by Gasteiger charge is -2.09. The molecule has 0 aliphatic heterocycles. The number of aromatic nitrogens is 1. The highest BCUT2D eigenvalue weighted by Gasteiger charge is 2.16. The van der Waals surface area contributed by atoms with Crippen molar-refractivity contribution in [3.63, 3.8) is 0 Å². The minimum atomic E-state index is -0.579. The Morgan fingerprint density at radius 2 is 1.68 bits per heavy atom. The summed E-state index contributed by atoms with van der Waals surface area (Å²) in [6, 6.07) is 5.30. The molecule has 0 saturated carbocycles. The van der Waals surface area contributed by atoms with Crippen LogP contribution in [0.25, 0.3) is 11.1 Å². The van der Waals surface area contributed by atoms with E-state index >= 15 is 0 Å². The monoisotopic (exact) mass is 258 g/mol. The van der Waals surface area contributed by atoms with Crippen LogP contribution in [-0.4, -0.2) is 20.3 Å². The third kappa shape index (κ3) is 2.09. The van der Waals surface area contributed by atoms with E-state index < -0.39 is 17.1 Å². The van der Waals surface area contributed by atoms with E-state index in [1.165, 1.54) is 6.07 Å². The molecule has 0 aliphatic carbocycles. The highest BCUT2D eigenvalue weighted by Crippen LogP contribution is 2.38. The van der Waals surface area contributed by atoms with Crippen molar-refractivity contribution < 1.29 is 15.3 Å². The molecule has 0 aliphatic rings. The number of nitriles is 1. The summed E-state index contributed by atoms with van der Waals surface area (Å²) in [6.45, 7) is 1.63. The molecule has 1 heterocycles. The van der Waals surface area contributed by atoms with Gasteiger partial charge in [0.05, 0.1) is 0 Å². The van der Waals surface area contributed by atoms with E-state index in [4.69, 9.17) is 5.26 Å². The third-order valence-corrected chi connectivity index (χ3v) is 2.66. The number of nitrogens with zero attached hydrogens (tertiary/aromatic N) is 1. The molecule has 1 aromatic carbocycles. The molecule has 2 aromatic rings. The van der Waals surface area contributed by atoms with Gasteiger partial charge in [-0.05, 0) is 19.1 Å². The third-order valence-electron chi connectivity index (χ3n) is 2.66. The Bertz CT molecular complexity index is 756. The summed E-state index contributed by atoms with van der Waals surface area (Å²) in [6.07, 6.45) is 0. The van der Waals surface area contributed by atoms with E-state index in [2.05, 4.69) is 4.98 Å². The molecule has 1 aromatic heterocycles. The number of aromatic hydroxyl groups is 3. The number of phenols is 3. The van der Waals surface area contributed by atoms with Crippen molar-refractivity contribution >= 4 is 0 Å². The molecule has 0 atom stereocenters. The van der Waals surface area contributed by atoms with Crippen LogP contribution < -0.4 is 5.56 Å². The molecular weight excluding hydrogens is 248 g/mol. The lowest BCUT2D eigenvalue weighted by Crippen LogP contribution is -2.12. The number of H-pyrrole nitrogens is 1. The molecule has 2 rings (SSSR count). The summed E-state index contributed by atoms with van der Waals surface area (Å²) in [5, 5.41) is 37.5. The maximum atomic E-state index is 11.7. The van der Waals surface area contributed by atoms with E-state index in [1.807, 2.05) is 0 Å². The zero-order valence-corrected chi connectivity index (χ0v) is 9.93. The standard InChI is InChI=1S/C13H10N2O4/c1-6-2-7(9(5-14)13(19)15-6)8-3-11(17)12(18)4-10(8)16/h2-4,16-18H,1H3,(H,15,19). The zero-order chi connectivity index (χ0) is 14.2. The van der Waals surface area contributed by atoms with E-state index in [1.54, 1.807) is 13.0 Å². The molecule has 0 radical (unpaired) electrons. The lowest BCUT2D eigenvalue weighted by molar-refractivity contribution is 0.397. The Morgan fingerprint density at radius 1 is 1.05 bits per heavy atom. The summed E-state index contributed by atoms with van der Waals surface area (Å²) in [4.78, 5) is 14.1. The van der Waals surface area contributed by atoms with Crippen molar-refractivity contribution in [3.8, 4) is 34.4 Å². The second kappa shape index (κ2) is 4.38. The van der Waals surface area contributed by atoms with Gasteiger partial charge in [0.15, 0.2) is 11.5 Å². The number of phenolic OH excluding ortho intramolecular Hbond substituents is 3. The quantitative estimate of drug-likeness (QED) is 0.454. The van der Waals surface area contributed by atoms with Gasteiger partial charge >= 0.3 is 0 Å². The first-order valence-electron chi connectivity index (χ1n) is 5.33. The maximum Gasteiger partial charge on any atom is 0.266 e. The molecule has 96 valence electrons. The van der Waals surface area contributed by atoms with Gasteiger partial charge in [-0.15, -0.1) is 0 Å². The summed E-state index contributed by atoms with van der Waals surface area (Å²) < 4.78 is 0. The molecule has 0 unspecified atom stereocenters. The summed E-state index contributed by atoms with van der Waals surface area (Å²) in [5.74, 6) is -1.27. The Labute approximate surface area is 107 Å². The first kappa shape index (κ1) is 12.5. The van der Waals surface area contributed by atoms with E-state index in [0.717, 1.165) is 12.1 Å². The Kier molecular flexibility index (Phi) is 2.89. The number of aryl methyl sites for hydroxylation is 1. The van der Waals surface area contributed by atoms with Gasteiger partial charge in [-0.2, -0.15) is 5.26 Å². The largest absolute Gasteiger partial charge is 0.507 e. The molecule has 19 heavy (non-hydrogen) atoms. The smallest absolute Gasteiger partial charge is 0.266 e. The molecular formula is C13H10N2O4. The molecule has 6 heteroatoms. The van der Waals surface area contributed by atoms with E-state index in [-0.39, 0.29) is 22.4 Å². The number of nitrogens with one attached hydrogen (secondary N) is 1. The first-order valence-corrected chi connectivity index (χ1v) is 5.33. The van der Waals surface area contributed by atoms with Crippen LogP contribution in [0.2, 0.25) is 0 Å². The first-order chi connectivity index (χ1) is 8.93. The van der Waals surface area contributed by atoms with E-state index in [9.17, 15) is 20.1 Å². The van der Waals surface area contributed by atoms with E-state index in [0.29, 0.717) is 5.69 Å². The molecule has 0 amide bonds. The van der Waals surface area contributed by atoms with Crippen LogP contribution in [0.15, 0.2) is 23.0 Å². The van der Waals surface area contributed by atoms with Crippen molar-refractivity contribution in [2.45, 2.75) is 6.92 Å². The topological polar surface area (TPSA) is 117 Å². The zero-order valence-electron chi connectivity index (χ0n) is 9.93. The van der Waals surface area contributed by atoms with Crippen LogP contribution >= 0.6 is 0 Å². The van der Waals surface area contributed by atoms with Crippen LogP contribution in [0, 0.1) is 18.3 Å². The van der Waals surface area contributed by atoms with Crippen LogP contribution in [-0.2, 0) is 0 Å².